The molecule has 11 heteroatoms. The summed E-state index contributed by atoms with van der Waals surface area (Å²) in [5.41, 5.74) is 4.08. The first-order valence-electron chi connectivity index (χ1n) is 10.2. The molecule has 0 bridgehead atoms. The second kappa shape index (κ2) is 11.7. The number of nitrogens with zero attached hydrogens (tertiary/aromatic N) is 1. The van der Waals surface area contributed by atoms with Crippen LogP contribution in [0.25, 0.3) is 0 Å². The van der Waals surface area contributed by atoms with E-state index in [9.17, 15) is 18.0 Å². The van der Waals surface area contributed by atoms with Crippen LogP contribution in [0.5, 0.6) is 11.5 Å². The summed E-state index contributed by atoms with van der Waals surface area (Å²) in [5.74, 6) is -0.700. The van der Waals surface area contributed by atoms with E-state index in [1.807, 2.05) is 6.92 Å². The Kier molecular flexibility index (Phi) is 8.74. The van der Waals surface area contributed by atoms with E-state index >= 15 is 0 Å². The number of esters is 1. The first-order valence-corrected chi connectivity index (χ1v) is 12.5. The van der Waals surface area contributed by atoms with Crippen LogP contribution < -0.4 is 19.6 Å². The highest BCUT2D eigenvalue weighted by Crippen LogP contribution is 2.28. The van der Waals surface area contributed by atoms with Gasteiger partial charge in [0, 0.05) is 4.47 Å². The molecule has 182 valence electrons. The lowest BCUT2D eigenvalue weighted by molar-refractivity contribution is -0.119. The van der Waals surface area contributed by atoms with Crippen molar-refractivity contribution in [2.24, 2.45) is 5.10 Å². The predicted molar refractivity (Wildman–Crippen MR) is 134 cm³/mol. The molecule has 2 N–H and O–H groups in total. The average Bonchev–Trinajstić information content (AvgIpc) is 2.84. The van der Waals surface area contributed by atoms with E-state index in [1.54, 1.807) is 48.5 Å². The summed E-state index contributed by atoms with van der Waals surface area (Å²) in [6, 6.07) is 17.8. The minimum Gasteiger partial charge on any atom is -0.493 e. The molecule has 35 heavy (non-hydrogen) atoms. The number of nitrogens with one attached hydrogen (secondary N) is 2. The highest BCUT2D eigenvalue weighted by atomic mass is 79.9. The maximum absolute atomic E-state index is 12.4. The Morgan fingerprint density at radius 1 is 1.03 bits per heavy atom. The summed E-state index contributed by atoms with van der Waals surface area (Å²) >= 11 is 3.31. The van der Waals surface area contributed by atoms with Gasteiger partial charge >= 0.3 is 5.97 Å². The Labute approximate surface area is 211 Å². The molecule has 3 rings (SSSR count). The quantitative estimate of drug-likeness (QED) is 0.179. The Morgan fingerprint density at radius 3 is 2.46 bits per heavy atom. The van der Waals surface area contributed by atoms with Crippen LogP contribution in [0, 0.1) is 6.92 Å². The van der Waals surface area contributed by atoms with Crippen molar-refractivity contribution in [2.75, 3.05) is 13.7 Å². The van der Waals surface area contributed by atoms with Gasteiger partial charge in [-0.05, 0) is 61.0 Å². The average molecular weight is 560 g/mol. The molecule has 3 aromatic carbocycles. The normalized spacial score (nSPS) is 11.3. The molecule has 3 aromatic rings. The van der Waals surface area contributed by atoms with E-state index in [2.05, 4.69) is 31.2 Å². The zero-order valence-electron chi connectivity index (χ0n) is 18.8. The molecule has 0 aromatic heterocycles. The molecule has 0 aliphatic heterocycles. The largest absolute Gasteiger partial charge is 0.493 e. The number of amides is 1. The third-order valence-electron chi connectivity index (χ3n) is 4.61. The van der Waals surface area contributed by atoms with E-state index in [0.717, 1.165) is 10.0 Å². The van der Waals surface area contributed by atoms with Crippen molar-refractivity contribution in [2.45, 2.75) is 11.8 Å². The lowest BCUT2D eigenvalue weighted by atomic mass is 10.2. The molecule has 0 unspecified atom stereocenters. The highest BCUT2D eigenvalue weighted by molar-refractivity contribution is 9.10. The summed E-state index contributed by atoms with van der Waals surface area (Å²) in [7, 11) is -2.39. The topological polar surface area (TPSA) is 123 Å². The lowest BCUT2D eigenvalue weighted by Gasteiger charge is -2.10. The Balaban J connectivity index is 1.57. The van der Waals surface area contributed by atoms with Gasteiger partial charge in [0.2, 0.25) is 10.0 Å². The predicted octanol–water partition coefficient (Wildman–Crippen LogP) is 3.41. The number of ether oxygens (including phenoxy) is 2. The molecule has 0 atom stereocenters. The molecule has 0 radical (unpaired) electrons. The van der Waals surface area contributed by atoms with Crippen LogP contribution in [-0.4, -0.2) is 40.2 Å². The highest BCUT2D eigenvalue weighted by Gasteiger charge is 2.15. The number of sulfonamides is 1. The van der Waals surface area contributed by atoms with Gasteiger partial charge in [0.15, 0.2) is 11.5 Å². The third kappa shape index (κ3) is 7.47. The third-order valence-corrected chi connectivity index (χ3v) is 6.52. The molecule has 0 aliphatic rings. The number of carbonyl (C=O) groups is 2. The summed E-state index contributed by atoms with van der Waals surface area (Å²) in [4.78, 5) is 24.4. The Morgan fingerprint density at radius 2 is 1.77 bits per heavy atom. The molecule has 0 heterocycles. The molecule has 0 aliphatic carbocycles. The first kappa shape index (κ1) is 26.1. The summed E-state index contributed by atoms with van der Waals surface area (Å²) in [6.45, 7) is 1.36. The van der Waals surface area contributed by atoms with Gasteiger partial charge in [0.1, 0.15) is 0 Å². The van der Waals surface area contributed by atoms with Crippen molar-refractivity contribution in [3.63, 3.8) is 0 Å². The summed E-state index contributed by atoms with van der Waals surface area (Å²) in [5, 5.41) is 3.82. The Bertz CT molecular complexity index is 1360. The summed E-state index contributed by atoms with van der Waals surface area (Å²) in [6.07, 6.45) is 1.34. The first-order chi connectivity index (χ1) is 16.7. The van der Waals surface area contributed by atoms with Crippen molar-refractivity contribution in [1.29, 1.82) is 0 Å². The van der Waals surface area contributed by atoms with Crippen LogP contribution in [0.2, 0.25) is 0 Å². The van der Waals surface area contributed by atoms with Crippen LogP contribution >= 0.6 is 15.9 Å². The van der Waals surface area contributed by atoms with E-state index in [4.69, 9.17) is 9.47 Å². The van der Waals surface area contributed by atoms with Gasteiger partial charge in [-0.15, -0.1) is 0 Å². The molecular formula is C24H22BrN3O6S. The minimum absolute atomic E-state index is 0.0622. The van der Waals surface area contributed by atoms with Crippen LogP contribution in [0.4, 0.5) is 0 Å². The standard InChI is InChI=1S/C24H22BrN3O6S/c1-16-6-9-20(10-7-16)35(31,32)27-15-23(29)28-26-14-17-8-11-21(22(12-17)33-2)34-24(30)18-4-3-5-19(25)13-18/h3-14,27H,15H2,1-2H3,(H,28,29)/b26-14+. The van der Waals surface area contributed by atoms with Crippen molar-refractivity contribution in [1.82, 2.24) is 10.1 Å². The molecule has 0 spiro atoms. The fourth-order valence-electron chi connectivity index (χ4n) is 2.80. The van der Waals surface area contributed by atoms with Gasteiger partial charge in [0.25, 0.3) is 5.91 Å². The molecular weight excluding hydrogens is 538 g/mol. The van der Waals surface area contributed by atoms with E-state index < -0.39 is 28.4 Å². The molecule has 0 fully saturated rings. The van der Waals surface area contributed by atoms with Gasteiger partial charge in [-0.1, -0.05) is 39.7 Å². The number of rotatable bonds is 9. The molecule has 1 amide bonds. The zero-order valence-corrected chi connectivity index (χ0v) is 21.2. The molecule has 0 saturated heterocycles. The minimum atomic E-state index is -3.82. The number of hydrogen-bond donors (Lipinski definition) is 2. The number of carbonyl (C=O) groups excluding carboxylic acids is 2. The maximum Gasteiger partial charge on any atom is 0.343 e. The monoisotopic (exact) mass is 559 g/mol. The van der Waals surface area contributed by atoms with Crippen LogP contribution in [0.1, 0.15) is 21.5 Å². The number of benzene rings is 3. The molecule has 0 saturated carbocycles. The SMILES string of the molecule is COc1cc(/C=N/NC(=O)CNS(=O)(=O)c2ccc(C)cc2)ccc1OC(=O)c1cccc(Br)c1. The van der Waals surface area contributed by atoms with Crippen molar-refractivity contribution < 1.29 is 27.5 Å². The lowest BCUT2D eigenvalue weighted by Crippen LogP contribution is -2.34. The second-order valence-electron chi connectivity index (χ2n) is 7.24. The van der Waals surface area contributed by atoms with Gasteiger partial charge < -0.3 is 9.47 Å². The maximum atomic E-state index is 12.4. The number of methoxy groups -OCH3 is 1. The van der Waals surface area contributed by atoms with Crippen LogP contribution in [-0.2, 0) is 14.8 Å². The number of hydrazone groups is 1. The van der Waals surface area contributed by atoms with E-state index in [1.165, 1.54) is 31.5 Å². The van der Waals surface area contributed by atoms with Gasteiger partial charge in [-0.2, -0.15) is 5.10 Å². The molecule has 9 nitrogen and oxygen atoms in total. The van der Waals surface area contributed by atoms with E-state index in [0.29, 0.717) is 11.1 Å². The fraction of sp³-hybridized carbons (Fsp3) is 0.125. The number of aryl methyl sites for hydroxylation is 1. The zero-order chi connectivity index (χ0) is 25.4. The smallest absolute Gasteiger partial charge is 0.343 e. The van der Waals surface area contributed by atoms with Crippen molar-refractivity contribution >= 4 is 44.0 Å². The van der Waals surface area contributed by atoms with Crippen molar-refractivity contribution in [3.05, 3.63) is 87.9 Å². The van der Waals surface area contributed by atoms with Crippen molar-refractivity contribution in [3.8, 4) is 11.5 Å². The fourth-order valence-corrected chi connectivity index (χ4v) is 4.18. The van der Waals surface area contributed by atoms with Crippen LogP contribution in [0.3, 0.4) is 0 Å². The Hall–Kier alpha value is -3.54. The second-order valence-corrected chi connectivity index (χ2v) is 9.92. The van der Waals surface area contributed by atoms with Crippen LogP contribution in [0.15, 0.2) is 81.2 Å². The number of hydrogen-bond acceptors (Lipinski definition) is 7. The summed E-state index contributed by atoms with van der Waals surface area (Å²) < 4.78 is 38.2. The number of halogens is 1. The van der Waals surface area contributed by atoms with Gasteiger partial charge in [-0.25, -0.2) is 23.4 Å². The van der Waals surface area contributed by atoms with Gasteiger partial charge in [-0.3, -0.25) is 4.79 Å². The van der Waals surface area contributed by atoms with E-state index in [-0.39, 0.29) is 16.4 Å². The van der Waals surface area contributed by atoms with Gasteiger partial charge in [0.05, 0.1) is 30.3 Å².